The van der Waals surface area contributed by atoms with Crippen molar-refractivity contribution in [3.05, 3.63) is 12.7 Å². The Balaban J connectivity index is 1.06. The summed E-state index contributed by atoms with van der Waals surface area (Å²) in [4.78, 5) is 36.9. The summed E-state index contributed by atoms with van der Waals surface area (Å²) in [5, 5.41) is 3.42. The Labute approximate surface area is 253 Å². The first-order valence-electron chi connectivity index (χ1n) is 16.9. The first kappa shape index (κ1) is 32.4. The lowest BCUT2D eigenvalue weighted by Crippen LogP contribution is -2.47. The van der Waals surface area contributed by atoms with Gasteiger partial charge in [-0.05, 0) is 108 Å². The highest BCUT2D eigenvalue weighted by Gasteiger charge is 2.39. The highest BCUT2D eigenvalue weighted by Crippen LogP contribution is 2.45. The summed E-state index contributed by atoms with van der Waals surface area (Å²) in [6, 6.07) is 0.261. The maximum absolute atomic E-state index is 13.2. The molecular formula is C35H53NO6. The van der Waals surface area contributed by atoms with Gasteiger partial charge in [-0.2, -0.15) is 0 Å². The Morgan fingerprint density at radius 3 is 2.33 bits per heavy atom. The van der Waals surface area contributed by atoms with Gasteiger partial charge in [-0.3, -0.25) is 9.59 Å². The van der Waals surface area contributed by atoms with Gasteiger partial charge in [0.05, 0.1) is 5.92 Å². The Hall–Kier alpha value is -2.49. The van der Waals surface area contributed by atoms with E-state index in [1.54, 1.807) is 0 Å². The number of esters is 2. The molecule has 0 saturated heterocycles. The summed E-state index contributed by atoms with van der Waals surface area (Å²) >= 11 is 0. The minimum Gasteiger partial charge on any atom is -0.462 e. The third-order valence-corrected chi connectivity index (χ3v) is 10.7. The van der Waals surface area contributed by atoms with E-state index < -0.39 is 5.97 Å². The maximum atomic E-state index is 13.2. The van der Waals surface area contributed by atoms with E-state index in [1.807, 2.05) is 0 Å². The van der Waals surface area contributed by atoms with E-state index in [-0.39, 0.29) is 35.9 Å². The van der Waals surface area contributed by atoms with Crippen LogP contribution in [0.3, 0.4) is 0 Å². The van der Waals surface area contributed by atoms with Gasteiger partial charge in [0.15, 0.2) is 12.2 Å². The second-order valence-corrected chi connectivity index (χ2v) is 13.4. The number of carbonyl (C=O) groups is 3. The number of hydrogen-bond acceptors (Lipinski definition) is 6. The number of unbranched alkanes of at least 4 members (excludes halogenated alkanes) is 1. The second kappa shape index (κ2) is 17.0. The van der Waals surface area contributed by atoms with Crippen LogP contribution in [0.1, 0.15) is 122 Å². The van der Waals surface area contributed by atoms with Crippen molar-refractivity contribution in [2.75, 3.05) is 6.61 Å². The van der Waals surface area contributed by atoms with Crippen molar-refractivity contribution in [2.45, 2.75) is 135 Å². The van der Waals surface area contributed by atoms with E-state index in [2.05, 4.69) is 35.8 Å². The van der Waals surface area contributed by atoms with Crippen LogP contribution in [0.25, 0.3) is 0 Å². The fourth-order valence-corrected chi connectivity index (χ4v) is 8.25. The summed E-state index contributed by atoms with van der Waals surface area (Å²) in [6.45, 7) is 6.04. The molecule has 0 aromatic carbocycles. The molecule has 4 aliphatic carbocycles. The number of nitrogens with one attached hydrogen (secondary N) is 1. The smallest absolute Gasteiger partial charge is 0.344 e. The van der Waals surface area contributed by atoms with Gasteiger partial charge in [-0.15, -0.1) is 0 Å². The standard InChI is InChI=1S/C35H53NO6/c1-3-33(37)41-24-23-40-22-7-6-9-26-14-16-29(17-15-26)35(39)42-30-20-18-28(19-21-30)34(38)36-25(2)31-13-8-11-27-10-4-5-12-32(27)31/h3,25-32H,1,4-22H2,2H3,(H,36,38)/t25-,26?,27?,28?,29?,30?,31?,32?/m0/s1. The summed E-state index contributed by atoms with van der Waals surface area (Å²) in [5.41, 5.74) is 0. The van der Waals surface area contributed by atoms with Crippen LogP contribution < -0.4 is 5.32 Å². The van der Waals surface area contributed by atoms with Crippen molar-refractivity contribution >= 4 is 17.8 Å². The topological polar surface area (TPSA) is 90.9 Å². The highest BCUT2D eigenvalue weighted by molar-refractivity contribution is 5.82. The molecule has 0 spiro atoms. The summed E-state index contributed by atoms with van der Waals surface area (Å²) in [5.74, 6) is 2.63. The van der Waals surface area contributed by atoms with E-state index in [9.17, 15) is 14.4 Å². The molecule has 234 valence electrons. The van der Waals surface area contributed by atoms with Crippen LogP contribution in [0.15, 0.2) is 12.7 Å². The van der Waals surface area contributed by atoms with Gasteiger partial charge in [-0.1, -0.05) is 45.1 Å². The zero-order valence-electron chi connectivity index (χ0n) is 25.8. The van der Waals surface area contributed by atoms with Crippen LogP contribution in [0.4, 0.5) is 0 Å². The van der Waals surface area contributed by atoms with Gasteiger partial charge in [0.2, 0.25) is 5.91 Å². The molecule has 0 bridgehead atoms. The molecule has 0 aromatic rings. The molecule has 4 atom stereocenters. The minimum absolute atomic E-state index is 0.0131. The SMILES string of the molecule is C=CC(=O)OC#COCCCCC1CCC(C(=O)OC2CCC(C(=O)N[C@@H](C)C3CCCC4CCCCC43)CC2)CC1. The van der Waals surface area contributed by atoms with E-state index in [0.29, 0.717) is 18.4 Å². The molecule has 7 heteroatoms. The Morgan fingerprint density at radius 2 is 1.57 bits per heavy atom. The first-order valence-corrected chi connectivity index (χ1v) is 16.9. The fraction of sp³-hybridized carbons (Fsp3) is 0.800. The van der Waals surface area contributed by atoms with Crippen LogP contribution in [-0.4, -0.2) is 36.6 Å². The van der Waals surface area contributed by atoms with Crippen molar-refractivity contribution in [1.82, 2.24) is 5.32 Å². The predicted octanol–water partition coefficient (Wildman–Crippen LogP) is 6.84. The number of ether oxygens (including phenoxy) is 3. The Kier molecular flexibility index (Phi) is 13.1. The van der Waals surface area contributed by atoms with E-state index in [1.165, 1.54) is 44.9 Å². The van der Waals surface area contributed by atoms with Crippen molar-refractivity contribution in [2.24, 2.45) is 35.5 Å². The van der Waals surface area contributed by atoms with Gasteiger partial charge >= 0.3 is 11.9 Å². The molecule has 4 rings (SSSR count). The molecule has 3 unspecified atom stereocenters. The average molecular weight is 584 g/mol. The van der Waals surface area contributed by atoms with E-state index in [4.69, 9.17) is 9.47 Å². The van der Waals surface area contributed by atoms with E-state index >= 15 is 0 Å². The van der Waals surface area contributed by atoms with Gasteiger partial charge < -0.3 is 19.5 Å². The Bertz CT molecular complexity index is 950. The largest absolute Gasteiger partial charge is 0.462 e. The molecule has 42 heavy (non-hydrogen) atoms. The lowest BCUT2D eigenvalue weighted by Gasteiger charge is -2.44. The normalized spacial score (nSPS) is 31.7. The molecule has 0 aliphatic heterocycles. The quantitative estimate of drug-likeness (QED) is 0.124. The molecule has 4 aliphatic rings. The van der Waals surface area contributed by atoms with Crippen LogP contribution in [0.2, 0.25) is 0 Å². The lowest BCUT2D eigenvalue weighted by molar-refractivity contribution is -0.157. The second-order valence-electron chi connectivity index (χ2n) is 13.4. The van der Waals surface area contributed by atoms with Gasteiger partial charge in [0.1, 0.15) is 12.7 Å². The molecule has 0 radical (unpaired) electrons. The monoisotopic (exact) mass is 583 g/mol. The summed E-state index contributed by atoms with van der Waals surface area (Å²) in [7, 11) is 0. The molecule has 0 heterocycles. The summed E-state index contributed by atoms with van der Waals surface area (Å²) in [6.07, 6.45) is 25.2. The van der Waals surface area contributed by atoms with Gasteiger partial charge in [-0.25, -0.2) is 4.79 Å². The van der Waals surface area contributed by atoms with Crippen LogP contribution >= 0.6 is 0 Å². The molecule has 4 fully saturated rings. The van der Waals surface area contributed by atoms with E-state index in [0.717, 1.165) is 88.5 Å². The number of carbonyl (C=O) groups excluding carboxylic acids is 3. The van der Waals surface area contributed by atoms with Crippen LogP contribution in [0, 0.1) is 47.7 Å². The molecule has 0 aromatic heterocycles. The first-order chi connectivity index (χ1) is 20.4. The molecular weight excluding hydrogens is 530 g/mol. The predicted molar refractivity (Wildman–Crippen MR) is 162 cm³/mol. The van der Waals surface area contributed by atoms with Crippen molar-refractivity contribution in [3.8, 4) is 12.2 Å². The van der Waals surface area contributed by atoms with Crippen molar-refractivity contribution < 1.29 is 28.6 Å². The zero-order chi connectivity index (χ0) is 29.7. The molecule has 4 saturated carbocycles. The third kappa shape index (κ3) is 9.78. The number of fused-ring (bicyclic) bond motifs is 1. The number of hydrogen-bond donors (Lipinski definition) is 1. The maximum Gasteiger partial charge on any atom is 0.344 e. The van der Waals surface area contributed by atoms with Crippen molar-refractivity contribution in [1.29, 1.82) is 0 Å². The van der Waals surface area contributed by atoms with Gasteiger partial charge in [0.25, 0.3) is 0 Å². The molecule has 1 amide bonds. The average Bonchev–Trinajstić information content (AvgIpc) is 3.02. The third-order valence-electron chi connectivity index (χ3n) is 10.7. The highest BCUT2D eigenvalue weighted by atomic mass is 16.5. The van der Waals surface area contributed by atoms with Gasteiger partial charge in [0, 0.05) is 18.0 Å². The lowest BCUT2D eigenvalue weighted by atomic mass is 9.63. The van der Waals surface area contributed by atoms with Crippen LogP contribution in [-0.2, 0) is 28.6 Å². The Morgan fingerprint density at radius 1 is 0.857 bits per heavy atom. The fourth-order valence-electron chi connectivity index (χ4n) is 8.25. The summed E-state index contributed by atoms with van der Waals surface area (Å²) < 4.78 is 15.7. The zero-order valence-corrected chi connectivity index (χ0v) is 25.8. The van der Waals surface area contributed by atoms with Crippen LogP contribution in [0.5, 0.6) is 0 Å². The number of rotatable bonds is 11. The molecule has 1 N–H and O–H groups in total. The number of amides is 1. The van der Waals surface area contributed by atoms with Crippen molar-refractivity contribution in [3.63, 3.8) is 0 Å². The molecule has 7 nitrogen and oxygen atoms in total. The minimum atomic E-state index is -0.589.